The molecule has 30 heavy (non-hydrogen) atoms. The van der Waals surface area contributed by atoms with Crippen LogP contribution in [0.15, 0.2) is 34.6 Å². The molecule has 0 bridgehead atoms. The molecule has 3 aromatic rings. The largest absolute Gasteiger partial charge is 0.497 e. The predicted molar refractivity (Wildman–Crippen MR) is 120 cm³/mol. The van der Waals surface area contributed by atoms with E-state index in [1.54, 1.807) is 18.4 Å². The number of nitrogens with zero attached hydrogens (tertiary/aromatic N) is 5. The third-order valence-corrected chi connectivity index (χ3v) is 5.59. The molecule has 0 saturated carbocycles. The molecular weight excluding hydrogens is 398 g/mol. The summed E-state index contributed by atoms with van der Waals surface area (Å²) in [7, 11) is 3.63. The second-order valence-electron chi connectivity index (χ2n) is 6.95. The van der Waals surface area contributed by atoms with Gasteiger partial charge in [0.2, 0.25) is 0 Å². The van der Waals surface area contributed by atoms with Gasteiger partial charge in [0.05, 0.1) is 17.8 Å². The first-order valence-electron chi connectivity index (χ1n) is 9.96. The van der Waals surface area contributed by atoms with Crippen LogP contribution in [0.3, 0.4) is 0 Å². The summed E-state index contributed by atoms with van der Waals surface area (Å²) in [5, 5.41) is 18.3. The monoisotopic (exact) mass is 427 g/mol. The maximum Gasteiger partial charge on any atom is 0.191 e. The first-order valence-corrected chi connectivity index (χ1v) is 10.8. The van der Waals surface area contributed by atoms with Crippen molar-refractivity contribution in [2.45, 2.75) is 33.2 Å². The van der Waals surface area contributed by atoms with E-state index in [0.29, 0.717) is 6.54 Å². The normalized spacial score (nSPS) is 11.5. The fraction of sp³-hybridized carbons (Fsp3) is 0.429. The highest BCUT2D eigenvalue weighted by atomic mass is 32.1. The summed E-state index contributed by atoms with van der Waals surface area (Å²) in [6, 6.07) is 8.12. The summed E-state index contributed by atoms with van der Waals surface area (Å²) < 4.78 is 7.17. The smallest absolute Gasteiger partial charge is 0.191 e. The minimum absolute atomic E-state index is 0.463. The van der Waals surface area contributed by atoms with Crippen molar-refractivity contribution in [3.8, 4) is 5.75 Å². The maximum absolute atomic E-state index is 5.22. The molecule has 160 valence electrons. The van der Waals surface area contributed by atoms with Crippen LogP contribution < -0.4 is 15.4 Å². The van der Waals surface area contributed by atoms with Gasteiger partial charge in [0.25, 0.3) is 0 Å². The van der Waals surface area contributed by atoms with E-state index in [1.165, 1.54) is 5.56 Å². The Kier molecular flexibility index (Phi) is 7.78. The van der Waals surface area contributed by atoms with Crippen molar-refractivity contribution in [2.75, 3.05) is 20.2 Å². The van der Waals surface area contributed by atoms with Gasteiger partial charge in [0.1, 0.15) is 18.1 Å². The zero-order chi connectivity index (χ0) is 21.3. The standard InChI is InChI=1S/C21H29N7OS/c1-15-26-27-20(28(15)3)13-24-21(23-12-10-18-14-30-16(2)25-18)22-11-9-17-5-7-19(29-4)8-6-17/h5-8,14H,9-13H2,1-4H3,(H2,22,23,24). The predicted octanol–water partition coefficient (Wildman–Crippen LogP) is 2.42. The van der Waals surface area contributed by atoms with Gasteiger partial charge < -0.3 is 19.9 Å². The minimum atomic E-state index is 0.463. The van der Waals surface area contributed by atoms with Crippen molar-refractivity contribution in [1.29, 1.82) is 0 Å². The van der Waals surface area contributed by atoms with Gasteiger partial charge in [-0.05, 0) is 38.0 Å². The number of methoxy groups -OCH3 is 1. The Morgan fingerprint density at radius 1 is 1.10 bits per heavy atom. The van der Waals surface area contributed by atoms with Crippen LogP contribution in [0, 0.1) is 13.8 Å². The van der Waals surface area contributed by atoms with Crippen molar-refractivity contribution < 1.29 is 4.74 Å². The molecule has 0 saturated heterocycles. The zero-order valence-corrected chi connectivity index (χ0v) is 18.8. The quantitative estimate of drug-likeness (QED) is 0.403. The Bertz CT molecular complexity index is 962. The molecule has 2 heterocycles. The van der Waals surface area contributed by atoms with Crippen LogP contribution in [0.1, 0.15) is 27.9 Å². The lowest BCUT2D eigenvalue weighted by Gasteiger charge is -2.12. The minimum Gasteiger partial charge on any atom is -0.497 e. The van der Waals surface area contributed by atoms with Gasteiger partial charge in [-0.3, -0.25) is 0 Å². The fourth-order valence-corrected chi connectivity index (χ4v) is 3.51. The van der Waals surface area contributed by atoms with Crippen LogP contribution in [-0.2, 0) is 26.4 Å². The molecule has 0 spiro atoms. The van der Waals surface area contributed by atoms with Crippen LogP contribution >= 0.6 is 11.3 Å². The molecule has 0 aliphatic rings. The zero-order valence-electron chi connectivity index (χ0n) is 18.0. The van der Waals surface area contributed by atoms with E-state index in [2.05, 4.69) is 43.3 Å². The Morgan fingerprint density at radius 3 is 2.43 bits per heavy atom. The average molecular weight is 428 g/mol. The number of hydrogen-bond acceptors (Lipinski definition) is 6. The summed E-state index contributed by atoms with van der Waals surface area (Å²) in [5.74, 6) is 3.34. The highest BCUT2D eigenvalue weighted by molar-refractivity contribution is 7.09. The molecule has 8 nitrogen and oxygen atoms in total. The molecule has 0 fully saturated rings. The molecule has 0 unspecified atom stereocenters. The number of thiazole rings is 1. The molecule has 0 aliphatic carbocycles. The van der Waals surface area contributed by atoms with Gasteiger partial charge in [-0.15, -0.1) is 21.5 Å². The number of aromatic nitrogens is 4. The SMILES string of the molecule is COc1ccc(CCNC(=NCc2nnc(C)n2C)NCCc2csc(C)n2)cc1. The number of aliphatic imine (C=N–C) groups is 1. The van der Waals surface area contributed by atoms with E-state index < -0.39 is 0 Å². The molecule has 9 heteroatoms. The average Bonchev–Trinajstić information content (AvgIpc) is 3.31. The summed E-state index contributed by atoms with van der Waals surface area (Å²) in [6.45, 7) is 5.95. The number of rotatable bonds is 9. The van der Waals surface area contributed by atoms with Crippen LogP contribution in [0.2, 0.25) is 0 Å². The van der Waals surface area contributed by atoms with Crippen molar-refractivity contribution in [3.63, 3.8) is 0 Å². The third kappa shape index (κ3) is 6.28. The molecule has 2 N–H and O–H groups in total. The van der Waals surface area contributed by atoms with E-state index in [-0.39, 0.29) is 0 Å². The second-order valence-corrected chi connectivity index (χ2v) is 8.01. The fourth-order valence-electron chi connectivity index (χ4n) is 2.86. The lowest BCUT2D eigenvalue weighted by molar-refractivity contribution is 0.414. The van der Waals surface area contributed by atoms with Gasteiger partial charge in [-0.1, -0.05) is 12.1 Å². The van der Waals surface area contributed by atoms with Gasteiger partial charge in [0.15, 0.2) is 11.8 Å². The molecule has 2 aromatic heterocycles. The third-order valence-electron chi connectivity index (χ3n) is 4.77. The Hall–Kier alpha value is -2.94. The van der Waals surface area contributed by atoms with E-state index in [9.17, 15) is 0 Å². The van der Waals surface area contributed by atoms with Crippen LogP contribution in [0.25, 0.3) is 0 Å². The molecule has 3 rings (SSSR count). The Balaban J connectivity index is 1.56. The van der Waals surface area contributed by atoms with Gasteiger partial charge in [0, 0.05) is 31.9 Å². The number of guanidine groups is 1. The van der Waals surface area contributed by atoms with Gasteiger partial charge >= 0.3 is 0 Å². The number of benzene rings is 1. The van der Waals surface area contributed by atoms with Crippen LogP contribution in [0.5, 0.6) is 5.75 Å². The molecule has 0 amide bonds. The van der Waals surface area contributed by atoms with Crippen molar-refractivity contribution in [2.24, 2.45) is 12.0 Å². The summed E-state index contributed by atoms with van der Waals surface area (Å²) in [6.07, 6.45) is 1.74. The number of hydrogen-bond donors (Lipinski definition) is 2. The summed E-state index contributed by atoms with van der Waals surface area (Å²) in [4.78, 5) is 9.21. The van der Waals surface area contributed by atoms with Gasteiger partial charge in [-0.25, -0.2) is 9.98 Å². The maximum atomic E-state index is 5.22. The van der Waals surface area contributed by atoms with E-state index >= 15 is 0 Å². The summed E-state index contributed by atoms with van der Waals surface area (Å²) >= 11 is 1.68. The Morgan fingerprint density at radius 2 is 1.83 bits per heavy atom. The Labute approximate surface area is 181 Å². The number of aryl methyl sites for hydroxylation is 2. The first-order chi connectivity index (χ1) is 14.5. The molecular formula is C21H29N7OS. The highest BCUT2D eigenvalue weighted by Gasteiger charge is 2.06. The van der Waals surface area contributed by atoms with Crippen LogP contribution in [0.4, 0.5) is 0 Å². The highest BCUT2D eigenvalue weighted by Crippen LogP contribution is 2.11. The molecule has 0 atom stereocenters. The molecule has 1 aromatic carbocycles. The topological polar surface area (TPSA) is 89.2 Å². The number of ether oxygens (including phenoxy) is 1. The first kappa shape index (κ1) is 21.8. The van der Waals surface area contributed by atoms with E-state index in [0.717, 1.165) is 60.0 Å². The van der Waals surface area contributed by atoms with Crippen molar-refractivity contribution in [1.82, 2.24) is 30.4 Å². The van der Waals surface area contributed by atoms with E-state index in [4.69, 9.17) is 9.73 Å². The second kappa shape index (κ2) is 10.7. The van der Waals surface area contributed by atoms with Gasteiger partial charge in [-0.2, -0.15) is 0 Å². The summed E-state index contributed by atoms with van der Waals surface area (Å²) in [5.41, 5.74) is 2.34. The van der Waals surface area contributed by atoms with Crippen molar-refractivity contribution >= 4 is 17.3 Å². The molecule has 0 aliphatic heterocycles. The number of nitrogens with one attached hydrogen (secondary N) is 2. The lowest BCUT2D eigenvalue weighted by Crippen LogP contribution is -2.39. The van der Waals surface area contributed by atoms with Crippen molar-refractivity contribution in [3.05, 3.63) is 57.6 Å². The molecule has 0 radical (unpaired) electrons. The van der Waals surface area contributed by atoms with Crippen LogP contribution in [-0.4, -0.2) is 45.9 Å². The van der Waals surface area contributed by atoms with E-state index in [1.807, 2.05) is 37.6 Å². The lowest BCUT2D eigenvalue weighted by atomic mass is 10.1.